The van der Waals surface area contributed by atoms with Gasteiger partial charge >= 0.3 is 0 Å². The first-order valence-corrected chi connectivity index (χ1v) is 15.1. The fourth-order valence-electron chi connectivity index (χ4n) is 8.59. The molecule has 44 heavy (non-hydrogen) atoms. The van der Waals surface area contributed by atoms with Crippen molar-refractivity contribution in [3.05, 3.63) is 81.0 Å². The summed E-state index contributed by atoms with van der Waals surface area (Å²) in [6.45, 7) is 12.3. The fourth-order valence-corrected chi connectivity index (χ4v) is 8.59. The number of fused-ring (bicyclic) bond motifs is 3. The molecular weight excluding hydrogens is 560 g/mol. The largest absolute Gasteiger partial charge is 0.511 e. The molecule has 4 aliphatic carbocycles. The molecule has 0 bridgehead atoms. The molecule has 0 heterocycles. The van der Waals surface area contributed by atoms with Crippen LogP contribution >= 0.6 is 0 Å². The molecule has 4 N–H and O–H groups in total. The van der Waals surface area contributed by atoms with Crippen LogP contribution in [-0.2, 0) is 20.7 Å². The number of benzene rings is 1. The van der Waals surface area contributed by atoms with Crippen LogP contribution in [0.1, 0.15) is 94.3 Å². The summed E-state index contributed by atoms with van der Waals surface area (Å²) in [4.78, 5) is 41.1. The lowest BCUT2D eigenvalue weighted by atomic mass is 9.44. The average Bonchev–Trinajstić information content (AvgIpc) is 3.37. The predicted molar refractivity (Wildman–Crippen MR) is 166 cm³/mol. The van der Waals surface area contributed by atoms with Crippen LogP contribution in [0.3, 0.4) is 0 Å². The molecule has 0 aliphatic heterocycles. The number of ether oxygens (including phenoxy) is 1. The van der Waals surface area contributed by atoms with Crippen LogP contribution in [0.25, 0.3) is 5.57 Å². The lowest BCUT2D eigenvalue weighted by Gasteiger charge is -2.59. The highest BCUT2D eigenvalue weighted by Crippen LogP contribution is 2.65. The van der Waals surface area contributed by atoms with Crippen LogP contribution in [0.5, 0.6) is 5.75 Å². The maximum absolute atomic E-state index is 14.6. The Morgan fingerprint density at radius 1 is 1.09 bits per heavy atom. The van der Waals surface area contributed by atoms with Crippen LogP contribution in [0, 0.1) is 22.7 Å². The van der Waals surface area contributed by atoms with E-state index in [1.807, 2.05) is 58.9 Å². The van der Waals surface area contributed by atoms with E-state index in [0.717, 1.165) is 23.6 Å². The monoisotopic (exact) mass is 602 g/mol. The van der Waals surface area contributed by atoms with E-state index in [1.54, 1.807) is 20.3 Å². The zero-order chi connectivity index (χ0) is 32.7. The Balaban J connectivity index is 1.75. The normalized spacial score (nSPS) is 30.1. The number of phenolic OH excluding ortho intramolecular Hbond substituents is 1. The van der Waals surface area contributed by atoms with Crippen molar-refractivity contribution < 1.29 is 39.5 Å². The smallest absolute Gasteiger partial charge is 0.209 e. The maximum Gasteiger partial charge on any atom is 0.209 e. The number of aliphatic hydroxyl groups is 3. The quantitative estimate of drug-likeness (QED) is 0.218. The van der Waals surface area contributed by atoms with Gasteiger partial charge in [0.25, 0.3) is 0 Å². The molecule has 4 atom stereocenters. The fraction of sp³-hybridized carbons (Fsp3) is 0.472. The molecule has 8 nitrogen and oxygen atoms in total. The van der Waals surface area contributed by atoms with Crippen LogP contribution in [0.2, 0.25) is 0 Å². The second-order valence-electron chi connectivity index (χ2n) is 14.0. The van der Waals surface area contributed by atoms with Crippen molar-refractivity contribution in [2.45, 2.75) is 79.2 Å². The highest BCUT2D eigenvalue weighted by atomic mass is 16.5. The molecule has 0 saturated heterocycles. The number of hydrogen-bond acceptors (Lipinski definition) is 8. The Morgan fingerprint density at radius 2 is 1.75 bits per heavy atom. The third-order valence-corrected chi connectivity index (χ3v) is 10.3. The van der Waals surface area contributed by atoms with Gasteiger partial charge in [-0.2, -0.15) is 0 Å². The Hall–Kier alpha value is -3.91. The van der Waals surface area contributed by atoms with Crippen LogP contribution in [0.4, 0.5) is 0 Å². The SMILES string of the molecule is CO/C=C/C1=CC=C(c2cc(C(C)C)c3c(c2O)C(=O)C2=C(O)[C@@]4(O)C(=O)C(C(C)=O)=C(O)C(C(C)C)[C@@]4(C)C[C@@]2(C)C3)C1. The second-order valence-corrected chi connectivity index (χ2v) is 14.0. The minimum atomic E-state index is -2.63. The average molecular weight is 603 g/mol. The number of hydrogen-bond donors (Lipinski definition) is 4. The molecule has 1 aromatic rings. The third-order valence-electron chi connectivity index (χ3n) is 10.3. The van der Waals surface area contributed by atoms with E-state index < -0.39 is 56.8 Å². The van der Waals surface area contributed by atoms with Gasteiger partial charge in [-0.05, 0) is 72.4 Å². The summed E-state index contributed by atoms with van der Waals surface area (Å²) in [6.07, 6.45) is 8.03. The number of methoxy groups -OCH3 is 1. The van der Waals surface area contributed by atoms with E-state index in [1.165, 1.54) is 0 Å². The van der Waals surface area contributed by atoms with E-state index in [9.17, 15) is 34.8 Å². The topological polar surface area (TPSA) is 141 Å². The number of ketones is 3. The molecule has 1 unspecified atom stereocenters. The van der Waals surface area contributed by atoms with Gasteiger partial charge in [-0.25, -0.2) is 0 Å². The van der Waals surface area contributed by atoms with Gasteiger partial charge < -0.3 is 25.2 Å². The number of aliphatic hydroxyl groups excluding tert-OH is 2. The predicted octanol–water partition coefficient (Wildman–Crippen LogP) is 6.34. The number of carbonyl (C=O) groups excluding carboxylic acids is 3. The molecular formula is C36H42O8. The van der Waals surface area contributed by atoms with E-state index >= 15 is 0 Å². The van der Waals surface area contributed by atoms with Crippen molar-refractivity contribution in [1.29, 1.82) is 0 Å². The molecule has 0 fully saturated rings. The number of carbonyl (C=O) groups is 3. The molecule has 0 radical (unpaired) electrons. The Kier molecular flexibility index (Phi) is 7.40. The van der Waals surface area contributed by atoms with Crippen molar-refractivity contribution in [2.75, 3.05) is 7.11 Å². The second kappa shape index (κ2) is 10.3. The Bertz CT molecular complexity index is 1660. The van der Waals surface area contributed by atoms with Crippen molar-refractivity contribution >= 4 is 22.9 Å². The molecule has 1 aromatic carbocycles. The van der Waals surface area contributed by atoms with E-state index in [4.69, 9.17) is 4.74 Å². The number of phenols is 1. The first kappa shape index (κ1) is 31.5. The molecule has 5 rings (SSSR count). The van der Waals surface area contributed by atoms with Gasteiger partial charge in [0.05, 0.1) is 18.9 Å². The standard InChI is InChI=1S/C36H42O8/c1-17(2)22-14-23(21-10-9-20(13-21)11-12-44-8)29(38)26-24(22)15-34(6)16-35(7)27(18(3)4)30(39)25(19(5)37)32(41)36(35,43)33(42)28(34)31(26)40/h9-12,14,17-18,27,38-39,42-43H,13,15-16H2,1-8H3/b12-11+/t27?,34-,35-,36+/m1/s1. The van der Waals surface area contributed by atoms with Crippen molar-refractivity contribution in [1.82, 2.24) is 0 Å². The number of allylic oxidation sites excluding steroid dienone is 7. The van der Waals surface area contributed by atoms with Gasteiger partial charge in [-0.3, -0.25) is 14.4 Å². The molecule has 0 spiro atoms. The highest BCUT2D eigenvalue weighted by Gasteiger charge is 2.71. The summed E-state index contributed by atoms with van der Waals surface area (Å²) in [5.41, 5.74) is -1.97. The van der Waals surface area contributed by atoms with Gasteiger partial charge in [0.1, 0.15) is 22.8 Å². The highest BCUT2D eigenvalue weighted by molar-refractivity contribution is 6.25. The van der Waals surface area contributed by atoms with Gasteiger partial charge in [0.15, 0.2) is 17.2 Å². The lowest BCUT2D eigenvalue weighted by Crippen LogP contribution is -2.67. The van der Waals surface area contributed by atoms with Crippen LogP contribution < -0.4 is 0 Å². The molecule has 0 aromatic heterocycles. The van der Waals surface area contributed by atoms with Crippen LogP contribution in [0.15, 0.2) is 58.8 Å². The first-order valence-electron chi connectivity index (χ1n) is 15.1. The van der Waals surface area contributed by atoms with E-state index in [2.05, 4.69) is 0 Å². The maximum atomic E-state index is 14.6. The van der Waals surface area contributed by atoms with Gasteiger partial charge in [0.2, 0.25) is 5.78 Å². The van der Waals surface area contributed by atoms with Gasteiger partial charge in [-0.1, -0.05) is 53.7 Å². The first-order chi connectivity index (χ1) is 20.5. The zero-order valence-corrected chi connectivity index (χ0v) is 26.7. The molecule has 234 valence electrons. The summed E-state index contributed by atoms with van der Waals surface area (Å²) in [5.74, 6) is -5.13. The van der Waals surface area contributed by atoms with E-state index in [0.29, 0.717) is 17.5 Å². The summed E-state index contributed by atoms with van der Waals surface area (Å²) in [6, 6.07) is 1.93. The Labute approximate surface area is 258 Å². The van der Waals surface area contributed by atoms with Crippen LogP contribution in [-0.4, -0.2) is 50.5 Å². The Morgan fingerprint density at radius 3 is 2.32 bits per heavy atom. The summed E-state index contributed by atoms with van der Waals surface area (Å²) in [5, 5.41) is 47.3. The minimum Gasteiger partial charge on any atom is -0.511 e. The van der Waals surface area contributed by atoms with Gasteiger partial charge in [0, 0.05) is 27.9 Å². The lowest BCUT2D eigenvalue weighted by molar-refractivity contribution is -0.171. The number of rotatable bonds is 6. The minimum absolute atomic E-state index is 0.0117. The van der Waals surface area contributed by atoms with E-state index in [-0.39, 0.29) is 41.6 Å². The molecule has 8 heteroatoms. The molecule has 0 saturated carbocycles. The van der Waals surface area contributed by atoms with Crippen molar-refractivity contribution in [3.63, 3.8) is 0 Å². The number of Topliss-reactive ketones (excluding diaryl/α,β-unsaturated/α-hetero) is 3. The zero-order valence-electron chi connectivity index (χ0n) is 26.7. The summed E-state index contributed by atoms with van der Waals surface area (Å²) < 4.78 is 5.04. The van der Waals surface area contributed by atoms with Crippen molar-refractivity contribution in [2.24, 2.45) is 22.7 Å². The molecule has 0 amide bonds. The van der Waals surface area contributed by atoms with Crippen molar-refractivity contribution in [3.8, 4) is 5.75 Å². The number of aromatic hydroxyl groups is 1. The summed E-state index contributed by atoms with van der Waals surface area (Å²) >= 11 is 0. The van der Waals surface area contributed by atoms with Gasteiger partial charge in [-0.15, -0.1) is 0 Å². The third kappa shape index (κ3) is 4.10. The summed E-state index contributed by atoms with van der Waals surface area (Å²) in [7, 11) is 1.56. The molecule has 4 aliphatic rings.